The molecule has 1 aromatic heterocycles. The molecule has 1 amide bonds. The Morgan fingerprint density at radius 3 is 2.52 bits per heavy atom. The highest BCUT2D eigenvalue weighted by atomic mass is 32.2. The molecule has 0 unspecified atom stereocenters. The summed E-state index contributed by atoms with van der Waals surface area (Å²) in [5, 5.41) is 3.31. The molecule has 1 N–H and O–H groups in total. The normalized spacial score (nSPS) is 15.4. The minimum absolute atomic E-state index is 0.178. The Morgan fingerprint density at radius 2 is 1.85 bits per heavy atom. The minimum Gasteiger partial charge on any atom is -0.325 e. The number of sulfonamides is 1. The Balaban J connectivity index is 1.57. The molecule has 2 aromatic rings. The van der Waals surface area contributed by atoms with Crippen molar-refractivity contribution in [2.45, 2.75) is 36.2 Å². The summed E-state index contributed by atoms with van der Waals surface area (Å²) in [6, 6.07) is 8.10. The molecular formula is C18H22N4O3S2. The van der Waals surface area contributed by atoms with Crippen molar-refractivity contribution in [1.29, 1.82) is 0 Å². The Bertz CT molecular complexity index is 895. The molecule has 27 heavy (non-hydrogen) atoms. The maximum Gasteiger partial charge on any atom is 0.243 e. The van der Waals surface area contributed by atoms with Gasteiger partial charge in [-0.2, -0.15) is 4.31 Å². The van der Waals surface area contributed by atoms with Gasteiger partial charge >= 0.3 is 0 Å². The first-order valence-corrected chi connectivity index (χ1v) is 11.2. The Hall–Kier alpha value is -1.97. The average Bonchev–Trinajstić information content (AvgIpc) is 2.68. The number of aryl methyl sites for hydroxylation is 1. The van der Waals surface area contributed by atoms with E-state index in [9.17, 15) is 13.2 Å². The summed E-state index contributed by atoms with van der Waals surface area (Å²) >= 11 is 1.25. The lowest BCUT2D eigenvalue weighted by atomic mass is 10.2. The van der Waals surface area contributed by atoms with E-state index in [4.69, 9.17) is 0 Å². The van der Waals surface area contributed by atoms with Gasteiger partial charge in [0.05, 0.1) is 10.6 Å². The number of piperidine rings is 1. The second kappa shape index (κ2) is 8.81. The van der Waals surface area contributed by atoms with Crippen molar-refractivity contribution in [3.63, 3.8) is 0 Å². The molecule has 1 fully saturated rings. The van der Waals surface area contributed by atoms with E-state index < -0.39 is 10.0 Å². The van der Waals surface area contributed by atoms with Crippen molar-refractivity contribution in [3.8, 4) is 0 Å². The molecule has 0 bridgehead atoms. The molecule has 0 spiro atoms. The number of benzene rings is 1. The summed E-state index contributed by atoms with van der Waals surface area (Å²) in [6.45, 7) is 3.00. The average molecular weight is 407 g/mol. The zero-order valence-electron chi connectivity index (χ0n) is 15.1. The van der Waals surface area contributed by atoms with Crippen LogP contribution in [0.2, 0.25) is 0 Å². The van der Waals surface area contributed by atoms with Crippen LogP contribution in [0.4, 0.5) is 5.69 Å². The van der Waals surface area contributed by atoms with Crippen LogP contribution in [0.25, 0.3) is 0 Å². The molecule has 9 heteroatoms. The number of thioether (sulfide) groups is 1. The zero-order valence-corrected chi connectivity index (χ0v) is 16.7. The smallest absolute Gasteiger partial charge is 0.243 e. The van der Waals surface area contributed by atoms with Crippen molar-refractivity contribution < 1.29 is 13.2 Å². The van der Waals surface area contributed by atoms with Crippen LogP contribution in [-0.2, 0) is 14.8 Å². The Morgan fingerprint density at radius 1 is 1.15 bits per heavy atom. The molecule has 0 aliphatic carbocycles. The first-order chi connectivity index (χ1) is 12.9. The summed E-state index contributed by atoms with van der Waals surface area (Å²) in [4.78, 5) is 20.7. The summed E-state index contributed by atoms with van der Waals surface area (Å²) in [5.74, 6) is -0.0196. The standard InChI is InChI=1S/C18H22N4O3S2/c1-14-9-10-19-18(20-14)26-13-17(23)21-15-5-7-16(8-6-15)27(24,25)22-11-3-2-4-12-22/h5-10H,2-4,11-13H2,1H3,(H,21,23). The van der Waals surface area contributed by atoms with Crippen LogP contribution in [-0.4, -0.2) is 47.4 Å². The summed E-state index contributed by atoms with van der Waals surface area (Å²) in [7, 11) is -3.46. The first kappa shape index (κ1) is 19.8. The van der Waals surface area contributed by atoms with E-state index in [1.54, 1.807) is 24.4 Å². The zero-order chi connectivity index (χ0) is 19.3. The van der Waals surface area contributed by atoms with Gasteiger partial charge in [-0.1, -0.05) is 18.2 Å². The largest absolute Gasteiger partial charge is 0.325 e. The van der Waals surface area contributed by atoms with Crippen molar-refractivity contribution >= 4 is 33.4 Å². The molecule has 1 saturated heterocycles. The van der Waals surface area contributed by atoms with Crippen LogP contribution >= 0.6 is 11.8 Å². The molecule has 2 heterocycles. The quantitative estimate of drug-likeness (QED) is 0.586. The highest BCUT2D eigenvalue weighted by Gasteiger charge is 2.25. The highest BCUT2D eigenvalue weighted by molar-refractivity contribution is 7.99. The summed E-state index contributed by atoms with van der Waals surface area (Å²) in [5.41, 5.74) is 1.40. The highest BCUT2D eigenvalue weighted by Crippen LogP contribution is 2.22. The van der Waals surface area contributed by atoms with E-state index in [0.29, 0.717) is 23.9 Å². The molecule has 0 saturated carbocycles. The molecule has 3 rings (SSSR count). The number of carbonyl (C=O) groups is 1. The Kier molecular flexibility index (Phi) is 6.46. The van der Waals surface area contributed by atoms with Gasteiger partial charge in [0.25, 0.3) is 0 Å². The number of carbonyl (C=O) groups excluding carboxylic acids is 1. The number of hydrogen-bond acceptors (Lipinski definition) is 6. The van der Waals surface area contributed by atoms with Crippen molar-refractivity contribution in [2.75, 3.05) is 24.2 Å². The van der Waals surface area contributed by atoms with Crippen LogP contribution in [0.15, 0.2) is 46.6 Å². The molecule has 0 radical (unpaired) electrons. The van der Waals surface area contributed by atoms with Gasteiger partial charge in [0.15, 0.2) is 5.16 Å². The molecule has 144 valence electrons. The van der Waals surface area contributed by atoms with Gasteiger partial charge in [-0.05, 0) is 50.1 Å². The lowest BCUT2D eigenvalue weighted by Crippen LogP contribution is -2.35. The van der Waals surface area contributed by atoms with Crippen LogP contribution in [0.5, 0.6) is 0 Å². The third kappa shape index (κ3) is 5.27. The molecule has 1 aliphatic rings. The predicted molar refractivity (Wildman–Crippen MR) is 105 cm³/mol. The maximum absolute atomic E-state index is 12.6. The fourth-order valence-corrected chi connectivity index (χ4v) is 4.98. The number of hydrogen-bond donors (Lipinski definition) is 1. The second-order valence-corrected chi connectivity index (χ2v) is 9.19. The fraction of sp³-hybridized carbons (Fsp3) is 0.389. The van der Waals surface area contributed by atoms with Crippen LogP contribution in [0, 0.1) is 6.92 Å². The number of aromatic nitrogens is 2. The van der Waals surface area contributed by atoms with E-state index in [-0.39, 0.29) is 16.6 Å². The number of nitrogens with zero attached hydrogens (tertiary/aromatic N) is 3. The van der Waals surface area contributed by atoms with Crippen molar-refractivity contribution in [2.24, 2.45) is 0 Å². The molecule has 1 aliphatic heterocycles. The molecule has 0 atom stereocenters. The van der Waals surface area contributed by atoms with E-state index in [1.165, 1.54) is 28.2 Å². The third-order valence-corrected chi connectivity index (χ3v) is 6.97. The maximum atomic E-state index is 12.6. The summed E-state index contributed by atoms with van der Waals surface area (Å²) in [6.07, 6.45) is 4.53. The monoisotopic (exact) mass is 406 g/mol. The van der Waals surface area contributed by atoms with Gasteiger partial charge in [0.2, 0.25) is 15.9 Å². The Labute approximate surface area is 163 Å². The first-order valence-electron chi connectivity index (χ1n) is 8.78. The van der Waals surface area contributed by atoms with E-state index in [2.05, 4.69) is 15.3 Å². The fourth-order valence-electron chi connectivity index (χ4n) is 2.79. The van der Waals surface area contributed by atoms with Gasteiger partial charge in [-0.3, -0.25) is 4.79 Å². The minimum atomic E-state index is -3.46. The van der Waals surface area contributed by atoms with Gasteiger partial charge in [0.1, 0.15) is 0 Å². The van der Waals surface area contributed by atoms with Crippen molar-refractivity contribution in [3.05, 3.63) is 42.2 Å². The van der Waals surface area contributed by atoms with E-state index in [0.717, 1.165) is 25.0 Å². The lowest BCUT2D eigenvalue weighted by Gasteiger charge is -2.25. The van der Waals surface area contributed by atoms with E-state index in [1.807, 2.05) is 6.92 Å². The second-order valence-electron chi connectivity index (χ2n) is 6.31. The number of anilines is 1. The molecule has 7 nitrogen and oxygen atoms in total. The number of rotatable bonds is 6. The van der Waals surface area contributed by atoms with Crippen LogP contribution in [0.1, 0.15) is 25.0 Å². The lowest BCUT2D eigenvalue weighted by molar-refractivity contribution is -0.113. The SMILES string of the molecule is Cc1ccnc(SCC(=O)Nc2ccc(S(=O)(=O)N3CCCCC3)cc2)n1. The predicted octanol–water partition coefficient (Wildman–Crippen LogP) is 2.69. The van der Waals surface area contributed by atoms with Gasteiger partial charge in [-0.25, -0.2) is 18.4 Å². The number of amides is 1. The van der Waals surface area contributed by atoms with Gasteiger partial charge in [-0.15, -0.1) is 0 Å². The third-order valence-electron chi connectivity index (χ3n) is 4.20. The van der Waals surface area contributed by atoms with Crippen LogP contribution < -0.4 is 5.32 Å². The molecule has 1 aromatic carbocycles. The molecular weight excluding hydrogens is 384 g/mol. The van der Waals surface area contributed by atoms with Gasteiger partial charge in [0, 0.05) is 30.7 Å². The van der Waals surface area contributed by atoms with Crippen molar-refractivity contribution in [1.82, 2.24) is 14.3 Å². The summed E-state index contributed by atoms with van der Waals surface area (Å²) < 4.78 is 26.8. The topological polar surface area (TPSA) is 92.3 Å². The van der Waals surface area contributed by atoms with E-state index >= 15 is 0 Å². The number of nitrogens with one attached hydrogen (secondary N) is 1. The van der Waals surface area contributed by atoms with Crippen LogP contribution in [0.3, 0.4) is 0 Å². The van der Waals surface area contributed by atoms with Gasteiger partial charge < -0.3 is 5.32 Å².